The molecule has 0 atom stereocenters. The smallest absolute Gasteiger partial charge is 0.116 e. The second-order valence-electron chi connectivity index (χ2n) is 0.236. The molecule has 0 aliphatic carbocycles. The molecule has 0 radical (unpaired) electrons. The third-order valence-electron chi connectivity index (χ3n) is 0. The van der Waals surface area contributed by atoms with Gasteiger partial charge in [-0.2, -0.15) is 0 Å². The van der Waals surface area contributed by atoms with Crippen LogP contribution in [-0.2, 0) is 4.79 Å². The van der Waals surface area contributed by atoms with E-state index in [1.165, 1.54) is 6.92 Å². The zero-order chi connectivity index (χ0) is 4.71. The van der Waals surface area contributed by atoms with E-state index in [9.17, 15) is 0 Å². The average molecular weight is 70.1 g/mol. The summed E-state index contributed by atoms with van der Waals surface area (Å²) in [5.74, 6) is 0. The van der Waals surface area contributed by atoms with Crippen LogP contribution in [-0.4, -0.2) is 6.29 Å². The molecule has 0 saturated heterocycles. The molecule has 5 heavy (non-hydrogen) atoms. The molecule has 0 spiro atoms. The molecule has 0 aliphatic rings. The van der Waals surface area contributed by atoms with Crippen molar-refractivity contribution in [3.8, 4) is 12.8 Å². The topological polar surface area (TPSA) is 17.1 Å². The number of carbonyl (C=O) groups excluding carboxylic acids is 1. The second-order valence-corrected chi connectivity index (χ2v) is 0.236. The first-order valence-electron chi connectivity index (χ1n) is 1.15. The van der Waals surface area contributed by atoms with Crippen molar-refractivity contribution < 1.29 is 4.79 Å². The molecule has 0 aromatic heterocycles. The standard InChI is InChI=1S/C2H4O.C2H2/c1-2-3;1-2/h2H,1H3;1-2H. The van der Waals surface area contributed by atoms with E-state index in [4.69, 9.17) is 4.79 Å². The molecule has 1 nitrogen and oxygen atoms in total. The van der Waals surface area contributed by atoms with Crippen LogP contribution in [0.1, 0.15) is 6.92 Å². The molecule has 0 unspecified atom stereocenters. The molecule has 1 heteroatoms. The van der Waals surface area contributed by atoms with Gasteiger partial charge in [0.15, 0.2) is 0 Å². The number of carbonyl (C=O) groups is 1. The molecular weight excluding hydrogens is 64.0 g/mol. The fourth-order valence-electron chi connectivity index (χ4n) is 0. The van der Waals surface area contributed by atoms with Crippen LogP contribution in [0.15, 0.2) is 0 Å². The average Bonchev–Trinajstić information content (AvgIpc) is 1.46. The maximum Gasteiger partial charge on any atom is 0.116 e. The minimum absolute atomic E-state index is 0.750. The van der Waals surface area contributed by atoms with Gasteiger partial charge in [-0.05, 0) is 6.92 Å². The van der Waals surface area contributed by atoms with Gasteiger partial charge in [-0.15, -0.1) is 12.8 Å². The van der Waals surface area contributed by atoms with Gasteiger partial charge in [-0.25, -0.2) is 0 Å². The van der Waals surface area contributed by atoms with Crippen molar-refractivity contribution in [2.45, 2.75) is 6.92 Å². The van der Waals surface area contributed by atoms with Gasteiger partial charge in [0.1, 0.15) is 6.29 Å². The Kier molecular flexibility index (Phi) is 539. The minimum atomic E-state index is 0.750. The fourth-order valence-corrected chi connectivity index (χ4v) is 0. The summed E-state index contributed by atoms with van der Waals surface area (Å²) in [4.78, 5) is 8.81. The lowest BCUT2D eigenvalue weighted by atomic mass is 11.0. The predicted molar refractivity (Wildman–Crippen MR) is 21.6 cm³/mol. The summed E-state index contributed by atoms with van der Waals surface area (Å²) in [6.45, 7) is 1.44. The molecule has 0 bridgehead atoms. The predicted octanol–water partition coefficient (Wildman–Crippen LogP) is 0.455. The van der Waals surface area contributed by atoms with Crippen LogP contribution < -0.4 is 0 Å². The Bertz CT molecular complexity index is 27.9. The van der Waals surface area contributed by atoms with Crippen molar-refractivity contribution in [3.05, 3.63) is 0 Å². The van der Waals surface area contributed by atoms with Crippen molar-refractivity contribution in [2.24, 2.45) is 0 Å². The van der Waals surface area contributed by atoms with Gasteiger partial charge in [-0.3, -0.25) is 0 Å². The molecule has 0 fully saturated rings. The Labute approximate surface area is 32.0 Å². The van der Waals surface area contributed by atoms with Gasteiger partial charge in [0.25, 0.3) is 0 Å². The lowest BCUT2D eigenvalue weighted by Gasteiger charge is -1.23. The monoisotopic (exact) mass is 70.0 g/mol. The lowest BCUT2D eigenvalue weighted by molar-refractivity contribution is -0.106. The van der Waals surface area contributed by atoms with E-state index in [-0.39, 0.29) is 0 Å². The minimum Gasteiger partial charge on any atom is -0.304 e. The Morgan fingerprint density at radius 2 is 1.60 bits per heavy atom. The first kappa shape index (κ1) is 8.87. The quantitative estimate of drug-likeness (QED) is 0.299. The van der Waals surface area contributed by atoms with E-state index >= 15 is 0 Å². The molecule has 0 aromatic rings. The normalized spacial score (nSPS) is 3.00. The van der Waals surface area contributed by atoms with E-state index in [1.54, 1.807) is 0 Å². The largest absolute Gasteiger partial charge is 0.304 e. The maximum absolute atomic E-state index is 8.81. The van der Waals surface area contributed by atoms with Gasteiger partial charge in [0.05, 0.1) is 0 Å². The van der Waals surface area contributed by atoms with Gasteiger partial charge >= 0.3 is 0 Å². The van der Waals surface area contributed by atoms with Crippen LogP contribution in [0.4, 0.5) is 0 Å². The van der Waals surface area contributed by atoms with Crippen LogP contribution in [0.5, 0.6) is 0 Å². The molecule has 0 saturated carbocycles. The van der Waals surface area contributed by atoms with E-state index in [0.29, 0.717) is 0 Å². The molecule has 0 rings (SSSR count). The number of terminal acetylenes is 1. The summed E-state index contributed by atoms with van der Waals surface area (Å²) in [6.07, 6.45) is 8.75. The number of aldehydes is 1. The summed E-state index contributed by atoms with van der Waals surface area (Å²) in [5, 5.41) is 0. The maximum atomic E-state index is 8.81. The van der Waals surface area contributed by atoms with E-state index in [2.05, 4.69) is 12.8 Å². The first-order valence-corrected chi connectivity index (χ1v) is 1.15. The van der Waals surface area contributed by atoms with Gasteiger partial charge in [0.2, 0.25) is 0 Å². The highest BCUT2D eigenvalue weighted by Gasteiger charge is 1.24. The number of hydrogen-bond donors (Lipinski definition) is 0. The van der Waals surface area contributed by atoms with Crippen molar-refractivity contribution in [1.82, 2.24) is 0 Å². The van der Waals surface area contributed by atoms with Crippen molar-refractivity contribution in [1.29, 1.82) is 0 Å². The Morgan fingerprint density at radius 1 is 1.60 bits per heavy atom. The third-order valence-corrected chi connectivity index (χ3v) is 0. The van der Waals surface area contributed by atoms with Gasteiger partial charge in [0, 0.05) is 0 Å². The van der Waals surface area contributed by atoms with Crippen LogP contribution in [0, 0.1) is 12.8 Å². The molecule has 0 aromatic carbocycles. The van der Waals surface area contributed by atoms with Crippen molar-refractivity contribution in [3.63, 3.8) is 0 Å². The molecule has 28 valence electrons. The number of hydrogen-bond acceptors (Lipinski definition) is 1. The zero-order valence-corrected chi connectivity index (χ0v) is 3.14. The highest BCUT2D eigenvalue weighted by Crippen LogP contribution is 1.13. The summed E-state index contributed by atoms with van der Waals surface area (Å²) in [7, 11) is 0. The second kappa shape index (κ2) is 304. The van der Waals surface area contributed by atoms with Crippen LogP contribution in [0.25, 0.3) is 0 Å². The van der Waals surface area contributed by atoms with E-state index in [0.717, 1.165) is 6.29 Å². The van der Waals surface area contributed by atoms with Crippen LogP contribution in [0.3, 0.4) is 0 Å². The molecule has 0 aliphatic heterocycles. The molecule has 0 N–H and O–H groups in total. The fraction of sp³-hybridized carbons (Fsp3) is 0.250. The molecule has 0 heterocycles. The van der Waals surface area contributed by atoms with Gasteiger partial charge < -0.3 is 4.79 Å². The Hall–Kier alpha value is -0.770. The van der Waals surface area contributed by atoms with Gasteiger partial charge in [-0.1, -0.05) is 0 Å². The highest BCUT2D eigenvalue weighted by atomic mass is 16.1. The summed E-state index contributed by atoms with van der Waals surface area (Å²) >= 11 is 0. The van der Waals surface area contributed by atoms with E-state index < -0.39 is 0 Å². The summed E-state index contributed by atoms with van der Waals surface area (Å²) in [6, 6.07) is 0. The Balaban J connectivity index is 0. The molecule has 0 amide bonds. The Morgan fingerprint density at radius 3 is 1.60 bits per heavy atom. The van der Waals surface area contributed by atoms with Crippen LogP contribution >= 0.6 is 0 Å². The number of rotatable bonds is 0. The summed E-state index contributed by atoms with van der Waals surface area (Å²) < 4.78 is 0. The van der Waals surface area contributed by atoms with Crippen molar-refractivity contribution in [2.75, 3.05) is 0 Å². The first-order chi connectivity index (χ1) is 2.41. The molecular formula is C4H6O. The van der Waals surface area contributed by atoms with Crippen molar-refractivity contribution >= 4 is 6.29 Å². The SMILES string of the molecule is C#C.CC=O. The zero-order valence-electron chi connectivity index (χ0n) is 3.14. The van der Waals surface area contributed by atoms with Crippen LogP contribution in [0.2, 0.25) is 0 Å². The summed E-state index contributed by atoms with van der Waals surface area (Å²) in [5.41, 5.74) is 0. The lowest BCUT2D eigenvalue weighted by Crippen LogP contribution is -1.36. The third kappa shape index (κ3) is 8.24. The van der Waals surface area contributed by atoms with E-state index in [1.807, 2.05) is 0 Å². The highest BCUT2D eigenvalue weighted by molar-refractivity contribution is 5.44.